The number of nitrogens with one attached hydrogen (secondary N) is 1. The average Bonchev–Trinajstić information content (AvgIpc) is 3.52. The molecule has 1 heterocycles. The summed E-state index contributed by atoms with van der Waals surface area (Å²) in [7, 11) is 0. The lowest BCUT2D eigenvalue weighted by atomic mass is 10.1. The maximum Gasteiger partial charge on any atom is 0.251 e. The zero-order valence-corrected chi connectivity index (χ0v) is 15.8. The van der Waals surface area contributed by atoms with Crippen LogP contribution in [0.3, 0.4) is 0 Å². The molecule has 5 heteroatoms. The highest BCUT2D eigenvalue weighted by atomic mass is 19.1. The summed E-state index contributed by atoms with van der Waals surface area (Å²) in [6.07, 6.45) is 9.97. The summed E-state index contributed by atoms with van der Waals surface area (Å²) < 4.78 is 19.6. The fraction of sp³-hybridized carbons (Fsp3) is 0.261. The van der Waals surface area contributed by atoms with Gasteiger partial charge in [-0.25, -0.2) is 4.39 Å². The molecule has 0 aromatic heterocycles. The van der Waals surface area contributed by atoms with Crippen molar-refractivity contribution in [1.82, 2.24) is 5.32 Å². The van der Waals surface area contributed by atoms with Gasteiger partial charge in [-0.15, -0.1) is 0 Å². The van der Waals surface area contributed by atoms with Crippen LogP contribution in [0.5, 0.6) is 5.75 Å². The Morgan fingerprint density at radius 3 is 2.82 bits per heavy atom. The largest absolute Gasteiger partial charge is 0.488 e. The lowest BCUT2D eigenvalue weighted by molar-refractivity contribution is 0.0951. The van der Waals surface area contributed by atoms with Crippen LogP contribution in [-0.2, 0) is 0 Å². The van der Waals surface area contributed by atoms with Crippen LogP contribution in [0.15, 0.2) is 66.9 Å². The van der Waals surface area contributed by atoms with E-state index in [1.165, 1.54) is 6.07 Å². The van der Waals surface area contributed by atoms with E-state index in [1.807, 2.05) is 49.6 Å². The normalized spacial score (nSPS) is 18.2. The first-order valence-electron chi connectivity index (χ1n) is 9.54. The average molecular weight is 378 g/mol. The van der Waals surface area contributed by atoms with Gasteiger partial charge in [0.1, 0.15) is 6.61 Å². The predicted molar refractivity (Wildman–Crippen MR) is 108 cm³/mol. The number of amides is 1. The highest BCUT2D eigenvalue weighted by Crippen LogP contribution is 2.28. The molecule has 1 amide bonds. The molecule has 0 saturated heterocycles. The Kier molecular flexibility index (Phi) is 5.15. The van der Waals surface area contributed by atoms with Crippen molar-refractivity contribution in [3.8, 4) is 5.75 Å². The van der Waals surface area contributed by atoms with Gasteiger partial charge in [0, 0.05) is 23.5 Å². The summed E-state index contributed by atoms with van der Waals surface area (Å²) in [6.45, 7) is 2.30. The molecule has 4 rings (SSSR count). The van der Waals surface area contributed by atoms with Gasteiger partial charge >= 0.3 is 0 Å². The van der Waals surface area contributed by atoms with Gasteiger partial charge in [-0.05, 0) is 55.7 Å². The summed E-state index contributed by atoms with van der Waals surface area (Å²) in [6, 6.07) is 12.3. The van der Waals surface area contributed by atoms with Crippen LogP contribution >= 0.6 is 0 Å². The summed E-state index contributed by atoms with van der Waals surface area (Å²) in [5.74, 6) is -0.182. The van der Waals surface area contributed by atoms with Gasteiger partial charge in [-0.3, -0.25) is 4.79 Å². The smallest absolute Gasteiger partial charge is 0.251 e. The van der Waals surface area contributed by atoms with Gasteiger partial charge in [0.2, 0.25) is 0 Å². The Balaban J connectivity index is 1.54. The number of rotatable bonds is 6. The van der Waals surface area contributed by atoms with Gasteiger partial charge in [0.25, 0.3) is 5.91 Å². The molecule has 0 spiro atoms. The molecule has 0 bridgehead atoms. The van der Waals surface area contributed by atoms with Crippen molar-refractivity contribution >= 4 is 11.6 Å². The Morgan fingerprint density at radius 2 is 2.04 bits per heavy atom. The molecule has 1 aliphatic carbocycles. The quantitative estimate of drug-likeness (QED) is 0.812. The minimum absolute atomic E-state index is 0.0422. The second kappa shape index (κ2) is 7.89. The molecule has 1 saturated carbocycles. The van der Waals surface area contributed by atoms with E-state index in [4.69, 9.17) is 4.74 Å². The molecule has 1 aliphatic heterocycles. The topological polar surface area (TPSA) is 41.6 Å². The summed E-state index contributed by atoms with van der Waals surface area (Å²) in [5.41, 5.74) is 2.63. The minimum Gasteiger partial charge on any atom is -0.488 e. The molecular weight excluding hydrogens is 355 g/mol. The monoisotopic (exact) mass is 378 g/mol. The first-order chi connectivity index (χ1) is 13.6. The van der Waals surface area contributed by atoms with E-state index >= 15 is 0 Å². The molecule has 2 aromatic rings. The highest BCUT2D eigenvalue weighted by Gasteiger charge is 2.25. The number of halogens is 1. The molecule has 1 fully saturated rings. The standard InChI is InChI=1S/C23H23FN2O2/c1-16-9-10-17(23(27)25-18-11-12-18)14-21(16)26-13-5-4-6-19(26)15-28-22-8-3-2-7-20(22)24/h2-10,13-14,18-19H,11-12,15H2,1H3,(H,25,27). The molecule has 2 aromatic carbocycles. The molecule has 4 nitrogen and oxygen atoms in total. The van der Waals surface area contributed by atoms with Crippen molar-refractivity contribution in [2.45, 2.75) is 31.8 Å². The maximum atomic E-state index is 13.9. The van der Waals surface area contributed by atoms with Crippen molar-refractivity contribution in [2.24, 2.45) is 0 Å². The summed E-state index contributed by atoms with van der Waals surface area (Å²) in [5, 5.41) is 3.03. The number of benzene rings is 2. The number of anilines is 1. The van der Waals surface area contributed by atoms with E-state index in [0.29, 0.717) is 18.2 Å². The number of hydrogen-bond acceptors (Lipinski definition) is 3. The number of nitrogens with zero attached hydrogens (tertiary/aromatic N) is 1. The van der Waals surface area contributed by atoms with Crippen LogP contribution in [0.25, 0.3) is 0 Å². The van der Waals surface area contributed by atoms with E-state index < -0.39 is 0 Å². The Hall–Kier alpha value is -3.08. The van der Waals surface area contributed by atoms with Crippen molar-refractivity contribution in [2.75, 3.05) is 11.5 Å². The number of hydrogen-bond donors (Lipinski definition) is 1. The first kappa shape index (κ1) is 18.3. The maximum absolute atomic E-state index is 13.9. The lowest BCUT2D eigenvalue weighted by Crippen LogP contribution is -2.36. The van der Waals surface area contributed by atoms with Crippen LogP contribution in [0.2, 0.25) is 0 Å². The van der Waals surface area contributed by atoms with Gasteiger partial charge in [-0.1, -0.05) is 30.4 Å². The van der Waals surface area contributed by atoms with E-state index in [9.17, 15) is 9.18 Å². The van der Waals surface area contributed by atoms with Gasteiger partial charge < -0.3 is 15.0 Å². The van der Waals surface area contributed by atoms with E-state index in [0.717, 1.165) is 24.1 Å². The summed E-state index contributed by atoms with van der Waals surface area (Å²) in [4.78, 5) is 14.5. The molecule has 144 valence electrons. The van der Waals surface area contributed by atoms with Crippen molar-refractivity contribution in [3.63, 3.8) is 0 Å². The lowest BCUT2D eigenvalue weighted by Gasteiger charge is -2.32. The second-order valence-electron chi connectivity index (χ2n) is 7.19. The molecular formula is C23H23FN2O2. The number of carbonyl (C=O) groups is 1. The van der Waals surface area contributed by atoms with Crippen LogP contribution < -0.4 is 15.0 Å². The zero-order valence-electron chi connectivity index (χ0n) is 15.8. The second-order valence-corrected chi connectivity index (χ2v) is 7.19. The number of aryl methyl sites for hydroxylation is 1. The molecule has 1 unspecified atom stereocenters. The Morgan fingerprint density at radius 1 is 1.21 bits per heavy atom. The molecule has 1 atom stereocenters. The van der Waals surface area contributed by atoms with Crippen LogP contribution in [0.4, 0.5) is 10.1 Å². The Labute approximate surface area is 164 Å². The molecule has 2 aliphatic rings. The number of allylic oxidation sites excluding steroid dienone is 2. The fourth-order valence-corrected chi connectivity index (χ4v) is 3.20. The number of carbonyl (C=O) groups excluding carboxylic acids is 1. The summed E-state index contributed by atoms with van der Waals surface area (Å²) >= 11 is 0. The molecule has 1 N–H and O–H groups in total. The zero-order chi connectivity index (χ0) is 19.5. The van der Waals surface area contributed by atoms with E-state index in [-0.39, 0.29) is 23.5 Å². The van der Waals surface area contributed by atoms with Gasteiger partial charge in [0.05, 0.1) is 6.04 Å². The third-order valence-corrected chi connectivity index (χ3v) is 4.96. The first-order valence-corrected chi connectivity index (χ1v) is 9.54. The van der Waals surface area contributed by atoms with E-state index in [2.05, 4.69) is 10.2 Å². The van der Waals surface area contributed by atoms with Crippen molar-refractivity contribution in [3.05, 3.63) is 83.8 Å². The van der Waals surface area contributed by atoms with Crippen molar-refractivity contribution < 1.29 is 13.9 Å². The number of para-hydroxylation sites is 1. The third-order valence-electron chi connectivity index (χ3n) is 4.96. The molecule has 28 heavy (non-hydrogen) atoms. The van der Waals surface area contributed by atoms with Crippen LogP contribution in [0.1, 0.15) is 28.8 Å². The minimum atomic E-state index is -0.376. The number of ether oxygens (including phenoxy) is 1. The van der Waals surface area contributed by atoms with Crippen molar-refractivity contribution in [1.29, 1.82) is 0 Å². The van der Waals surface area contributed by atoms with Gasteiger partial charge in [0.15, 0.2) is 11.6 Å². The van der Waals surface area contributed by atoms with Gasteiger partial charge in [-0.2, -0.15) is 0 Å². The SMILES string of the molecule is Cc1ccc(C(=O)NC2CC2)cc1N1C=CC=CC1COc1ccccc1F. The molecule has 0 radical (unpaired) electrons. The Bertz CT molecular complexity index is 934. The predicted octanol–water partition coefficient (Wildman–Crippen LogP) is 4.36. The van der Waals surface area contributed by atoms with Crippen LogP contribution in [-0.4, -0.2) is 24.6 Å². The third kappa shape index (κ3) is 4.09. The highest BCUT2D eigenvalue weighted by molar-refractivity contribution is 5.95. The van der Waals surface area contributed by atoms with Crippen LogP contribution in [0, 0.1) is 12.7 Å². The van der Waals surface area contributed by atoms with E-state index in [1.54, 1.807) is 18.2 Å². The fourth-order valence-electron chi connectivity index (χ4n) is 3.20.